The van der Waals surface area contributed by atoms with Gasteiger partial charge in [-0.15, -0.1) is 11.3 Å². The Hall–Kier alpha value is -2.44. The molecule has 0 aliphatic carbocycles. The third-order valence-electron chi connectivity index (χ3n) is 3.54. The summed E-state index contributed by atoms with van der Waals surface area (Å²) in [5.41, 5.74) is 1.91. The second-order valence-electron chi connectivity index (χ2n) is 5.47. The molecule has 26 heavy (non-hydrogen) atoms. The van der Waals surface area contributed by atoms with Gasteiger partial charge in [-0.1, -0.05) is 35.9 Å². The van der Waals surface area contributed by atoms with Crippen LogP contribution >= 0.6 is 22.9 Å². The van der Waals surface area contributed by atoms with Crippen LogP contribution in [0.1, 0.15) is 5.69 Å². The van der Waals surface area contributed by atoms with Crippen LogP contribution in [0.25, 0.3) is 10.6 Å². The molecule has 0 aliphatic heterocycles. The van der Waals surface area contributed by atoms with Crippen LogP contribution in [0.2, 0.25) is 5.02 Å². The van der Waals surface area contributed by atoms with E-state index in [2.05, 4.69) is 10.3 Å². The quantitative estimate of drug-likeness (QED) is 0.652. The van der Waals surface area contributed by atoms with E-state index in [0.717, 1.165) is 16.3 Å². The van der Waals surface area contributed by atoms with Gasteiger partial charge in [-0.3, -0.25) is 4.79 Å². The second kappa shape index (κ2) is 8.78. The molecule has 0 radical (unpaired) electrons. The molecule has 0 saturated heterocycles. The Morgan fingerprint density at radius 3 is 2.73 bits per heavy atom. The summed E-state index contributed by atoms with van der Waals surface area (Å²) in [5.74, 6) is -0.728. The van der Waals surface area contributed by atoms with Crippen molar-refractivity contribution >= 4 is 28.8 Å². The summed E-state index contributed by atoms with van der Waals surface area (Å²) in [5, 5.41) is 6.30. The zero-order valence-corrected chi connectivity index (χ0v) is 15.3. The van der Waals surface area contributed by atoms with E-state index >= 15 is 0 Å². The molecule has 0 bridgehead atoms. The van der Waals surface area contributed by atoms with Gasteiger partial charge in [-0.2, -0.15) is 0 Å². The van der Waals surface area contributed by atoms with Gasteiger partial charge in [-0.25, -0.2) is 9.37 Å². The topological polar surface area (TPSA) is 51.2 Å². The maximum atomic E-state index is 13.4. The van der Waals surface area contributed by atoms with E-state index in [1.54, 1.807) is 23.5 Å². The van der Waals surface area contributed by atoms with Crippen LogP contribution < -0.4 is 10.1 Å². The molecule has 134 valence electrons. The first-order valence-electron chi connectivity index (χ1n) is 7.96. The first kappa shape index (κ1) is 18.4. The molecule has 0 aliphatic rings. The number of hydrogen-bond donors (Lipinski definition) is 1. The lowest BCUT2D eigenvalue weighted by Crippen LogP contribution is -2.30. The van der Waals surface area contributed by atoms with Gasteiger partial charge in [0, 0.05) is 28.9 Å². The number of rotatable bonds is 7. The van der Waals surface area contributed by atoms with Crippen molar-refractivity contribution in [3.8, 4) is 16.3 Å². The molecule has 3 aromatic rings. The molecule has 1 N–H and O–H groups in total. The second-order valence-corrected chi connectivity index (χ2v) is 6.76. The third-order valence-corrected chi connectivity index (χ3v) is 4.73. The van der Waals surface area contributed by atoms with E-state index in [1.807, 2.05) is 29.6 Å². The molecule has 0 saturated carbocycles. The van der Waals surface area contributed by atoms with Gasteiger partial charge in [-0.05, 0) is 24.3 Å². The number of halogens is 2. The minimum atomic E-state index is -0.488. The highest BCUT2D eigenvalue weighted by Gasteiger charge is 2.08. The molecule has 0 unspecified atom stereocenters. The molecule has 1 amide bonds. The van der Waals surface area contributed by atoms with Crippen LogP contribution in [-0.4, -0.2) is 24.0 Å². The third kappa shape index (κ3) is 5.03. The molecule has 0 fully saturated rings. The van der Waals surface area contributed by atoms with Crippen LogP contribution in [0.3, 0.4) is 0 Å². The van der Waals surface area contributed by atoms with Crippen molar-refractivity contribution in [2.75, 3.05) is 13.2 Å². The molecule has 3 rings (SSSR count). The van der Waals surface area contributed by atoms with Gasteiger partial charge in [0.05, 0.1) is 5.69 Å². The lowest BCUT2D eigenvalue weighted by atomic mass is 10.2. The van der Waals surface area contributed by atoms with E-state index in [9.17, 15) is 9.18 Å². The number of nitrogens with one attached hydrogen (secondary N) is 1. The number of benzene rings is 2. The number of carbonyl (C=O) groups excluding carboxylic acids is 1. The summed E-state index contributed by atoms with van der Waals surface area (Å²) in [7, 11) is 0. The lowest BCUT2D eigenvalue weighted by molar-refractivity contribution is -0.123. The van der Waals surface area contributed by atoms with Crippen molar-refractivity contribution in [3.63, 3.8) is 0 Å². The van der Waals surface area contributed by atoms with Crippen molar-refractivity contribution in [1.82, 2.24) is 10.3 Å². The van der Waals surface area contributed by atoms with E-state index in [1.165, 1.54) is 12.1 Å². The number of para-hydroxylation sites is 1. The molecule has 4 nitrogen and oxygen atoms in total. The number of ether oxygens (including phenoxy) is 1. The number of aromatic nitrogens is 1. The average Bonchev–Trinajstić information content (AvgIpc) is 3.10. The van der Waals surface area contributed by atoms with Crippen molar-refractivity contribution in [2.24, 2.45) is 0 Å². The summed E-state index contributed by atoms with van der Waals surface area (Å²) >= 11 is 7.43. The average molecular weight is 391 g/mol. The maximum absolute atomic E-state index is 13.4. The van der Waals surface area contributed by atoms with Crippen LogP contribution in [0.15, 0.2) is 53.9 Å². The van der Waals surface area contributed by atoms with E-state index in [4.69, 9.17) is 16.3 Å². The fourth-order valence-electron chi connectivity index (χ4n) is 2.23. The van der Waals surface area contributed by atoms with Gasteiger partial charge in [0.25, 0.3) is 5.91 Å². The standard InChI is InChI=1S/C19H16ClFN2O2S/c20-14-7-5-13(6-8-14)19-23-15(12-26-19)9-10-22-18(24)11-25-17-4-2-1-3-16(17)21/h1-8,12H,9-11H2,(H,22,24). The van der Waals surface area contributed by atoms with Crippen LogP contribution in [0, 0.1) is 5.82 Å². The van der Waals surface area contributed by atoms with E-state index < -0.39 is 5.82 Å². The summed E-state index contributed by atoms with van der Waals surface area (Å²) in [6.45, 7) is 0.206. The SMILES string of the molecule is O=C(COc1ccccc1F)NCCc1csc(-c2ccc(Cl)cc2)n1. The molecule has 1 heterocycles. The zero-order valence-electron chi connectivity index (χ0n) is 13.7. The predicted octanol–water partition coefficient (Wildman–Crippen LogP) is 4.34. The molecule has 2 aromatic carbocycles. The monoisotopic (exact) mass is 390 g/mol. The van der Waals surface area contributed by atoms with E-state index in [-0.39, 0.29) is 18.3 Å². The van der Waals surface area contributed by atoms with Crippen LogP contribution in [0.4, 0.5) is 4.39 Å². The predicted molar refractivity (Wildman–Crippen MR) is 101 cm³/mol. The highest BCUT2D eigenvalue weighted by Crippen LogP contribution is 2.25. The van der Waals surface area contributed by atoms with Gasteiger partial charge >= 0.3 is 0 Å². The number of hydrogen-bond acceptors (Lipinski definition) is 4. The Bertz CT molecular complexity index is 883. The van der Waals surface area contributed by atoms with Crippen LogP contribution in [-0.2, 0) is 11.2 Å². The minimum absolute atomic E-state index is 0.0646. The Kier molecular flexibility index (Phi) is 6.20. The summed E-state index contributed by atoms with van der Waals surface area (Å²) in [4.78, 5) is 16.3. The smallest absolute Gasteiger partial charge is 0.257 e. The van der Waals surface area contributed by atoms with Crippen molar-refractivity contribution in [3.05, 3.63) is 70.4 Å². The van der Waals surface area contributed by atoms with Gasteiger partial charge < -0.3 is 10.1 Å². The van der Waals surface area contributed by atoms with Crippen molar-refractivity contribution in [2.45, 2.75) is 6.42 Å². The Labute approximate surface area is 159 Å². The zero-order chi connectivity index (χ0) is 18.4. The highest BCUT2D eigenvalue weighted by atomic mass is 35.5. The number of thiazole rings is 1. The number of amides is 1. The molecule has 7 heteroatoms. The summed E-state index contributed by atoms with van der Waals surface area (Å²) in [6, 6.07) is 13.5. The highest BCUT2D eigenvalue weighted by molar-refractivity contribution is 7.13. The number of nitrogens with zero attached hydrogens (tertiary/aromatic N) is 1. The maximum Gasteiger partial charge on any atom is 0.257 e. The summed E-state index contributed by atoms with van der Waals surface area (Å²) in [6.07, 6.45) is 0.607. The van der Waals surface area contributed by atoms with E-state index in [0.29, 0.717) is 18.0 Å². The Balaban J connectivity index is 1.44. The van der Waals surface area contributed by atoms with Gasteiger partial charge in [0.15, 0.2) is 18.2 Å². The summed E-state index contributed by atoms with van der Waals surface area (Å²) < 4.78 is 18.6. The van der Waals surface area contributed by atoms with Crippen LogP contribution in [0.5, 0.6) is 5.75 Å². The number of carbonyl (C=O) groups is 1. The first-order valence-corrected chi connectivity index (χ1v) is 9.22. The first-order chi connectivity index (χ1) is 12.6. The lowest BCUT2D eigenvalue weighted by Gasteiger charge is -2.07. The molecule has 0 spiro atoms. The minimum Gasteiger partial charge on any atom is -0.481 e. The van der Waals surface area contributed by atoms with Gasteiger partial charge in [0.2, 0.25) is 0 Å². The Morgan fingerprint density at radius 1 is 1.19 bits per heavy atom. The molecular formula is C19H16ClFN2O2S. The van der Waals surface area contributed by atoms with Crippen molar-refractivity contribution < 1.29 is 13.9 Å². The molecular weight excluding hydrogens is 375 g/mol. The largest absolute Gasteiger partial charge is 0.481 e. The normalized spacial score (nSPS) is 10.5. The fraction of sp³-hybridized carbons (Fsp3) is 0.158. The van der Waals surface area contributed by atoms with Crippen molar-refractivity contribution in [1.29, 1.82) is 0 Å². The van der Waals surface area contributed by atoms with Gasteiger partial charge in [0.1, 0.15) is 5.01 Å². The fourth-order valence-corrected chi connectivity index (χ4v) is 3.22. The molecule has 0 atom stereocenters. The Morgan fingerprint density at radius 2 is 1.96 bits per heavy atom. The molecule has 1 aromatic heterocycles.